The standard InChI is InChI=1S/C9H11N2O8PS/c12-5-1-2-11(9(15)10-5)8-7(14)6(13)4(19-8)3-18-20(16,17)21/h1-2,7-8,13-14H,3H2,(H,10,12,15)(H2,16,17,21)/t7?,8-/m1/s1. The minimum Gasteiger partial charge on any atom is -0.506 e. The van der Waals surface area contributed by atoms with Crippen molar-refractivity contribution in [3.8, 4) is 0 Å². The molecule has 12 heteroatoms. The first-order valence-electron chi connectivity index (χ1n) is 5.47. The van der Waals surface area contributed by atoms with E-state index < -0.39 is 42.7 Å². The Bertz CT molecular complexity index is 734. The van der Waals surface area contributed by atoms with E-state index in [2.05, 4.69) is 16.3 Å². The van der Waals surface area contributed by atoms with Gasteiger partial charge in [0.05, 0.1) is 0 Å². The van der Waals surface area contributed by atoms with Crippen LogP contribution in [-0.4, -0.2) is 42.3 Å². The van der Waals surface area contributed by atoms with E-state index in [1.807, 2.05) is 4.98 Å². The molecule has 0 saturated carbocycles. The zero-order valence-electron chi connectivity index (χ0n) is 10.2. The fraction of sp³-hybridized carbons (Fsp3) is 0.333. The van der Waals surface area contributed by atoms with Crippen LogP contribution in [0, 0.1) is 0 Å². The van der Waals surface area contributed by atoms with Crippen molar-refractivity contribution in [1.82, 2.24) is 9.55 Å². The summed E-state index contributed by atoms with van der Waals surface area (Å²) in [6.07, 6.45) is -1.85. The molecule has 0 aliphatic carbocycles. The van der Waals surface area contributed by atoms with Crippen LogP contribution in [0.4, 0.5) is 0 Å². The normalized spacial score (nSPS) is 22.4. The third-order valence-electron chi connectivity index (χ3n) is 2.59. The number of H-pyrrole nitrogens is 1. The van der Waals surface area contributed by atoms with Gasteiger partial charge in [0.15, 0.2) is 17.6 Å². The highest BCUT2D eigenvalue weighted by molar-refractivity contribution is 8.06. The van der Waals surface area contributed by atoms with Gasteiger partial charge in [-0.1, -0.05) is 0 Å². The van der Waals surface area contributed by atoms with Crippen LogP contribution in [0.5, 0.6) is 0 Å². The summed E-state index contributed by atoms with van der Waals surface area (Å²) < 4.78 is 10.5. The van der Waals surface area contributed by atoms with Crippen LogP contribution in [0.15, 0.2) is 33.4 Å². The van der Waals surface area contributed by atoms with Gasteiger partial charge in [-0.25, -0.2) is 4.79 Å². The molecule has 0 saturated heterocycles. The zero-order chi connectivity index (χ0) is 15.8. The van der Waals surface area contributed by atoms with E-state index in [9.17, 15) is 19.8 Å². The Morgan fingerprint density at radius 2 is 2.14 bits per heavy atom. The van der Waals surface area contributed by atoms with Crippen LogP contribution in [0.1, 0.15) is 6.23 Å². The second kappa shape index (κ2) is 5.72. The van der Waals surface area contributed by atoms with E-state index in [1.165, 1.54) is 0 Å². The number of hydrogen-bond acceptors (Lipinski definition) is 7. The number of hydrogen-bond donors (Lipinski definition) is 5. The highest BCUT2D eigenvalue weighted by atomic mass is 32.5. The lowest BCUT2D eigenvalue weighted by atomic mass is 10.2. The monoisotopic (exact) mass is 338 g/mol. The maximum atomic E-state index is 11.6. The van der Waals surface area contributed by atoms with Crippen molar-refractivity contribution in [3.05, 3.63) is 44.6 Å². The van der Waals surface area contributed by atoms with Gasteiger partial charge in [0.25, 0.3) is 5.56 Å². The van der Waals surface area contributed by atoms with Crippen molar-refractivity contribution in [1.29, 1.82) is 0 Å². The van der Waals surface area contributed by atoms with Gasteiger partial charge in [-0.15, -0.1) is 0 Å². The SMILES string of the molecule is O=c1ccn([C@@H]2OC(COP(O)(O)=S)=C(O)C2O)c(=O)[nH]1. The average molecular weight is 338 g/mol. The van der Waals surface area contributed by atoms with Crippen LogP contribution >= 0.6 is 6.72 Å². The molecule has 1 aromatic heterocycles. The number of aliphatic hydroxyl groups is 2. The summed E-state index contributed by atoms with van der Waals surface area (Å²) in [4.78, 5) is 42.4. The van der Waals surface area contributed by atoms with Crippen LogP contribution in [-0.2, 0) is 21.1 Å². The first-order valence-corrected chi connectivity index (χ1v) is 8.10. The predicted octanol–water partition coefficient (Wildman–Crippen LogP) is -1.58. The van der Waals surface area contributed by atoms with Crippen LogP contribution in [0.2, 0.25) is 0 Å². The Balaban J connectivity index is 2.22. The third-order valence-corrected chi connectivity index (χ3v) is 3.37. The Hall–Kier alpha value is -1.49. The van der Waals surface area contributed by atoms with Crippen molar-refractivity contribution in [2.24, 2.45) is 0 Å². The van der Waals surface area contributed by atoms with Gasteiger partial charge in [-0.3, -0.25) is 14.3 Å². The molecule has 2 heterocycles. The van der Waals surface area contributed by atoms with Gasteiger partial charge >= 0.3 is 12.4 Å². The van der Waals surface area contributed by atoms with E-state index in [1.54, 1.807) is 0 Å². The number of rotatable bonds is 4. The van der Waals surface area contributed by atoms with E-state index >= 15 is 0 Å². The molecule has 10 nitrogen and oxygen atoms in total. The first kappa shape index (κ1) is 15.9. The molecule has 1 unspecified atom stereocenters. The van der Waals surface area contributed by atoms with Crippen molar-refractivity contribution in [2.75, 3.05) is 6.61 Å². The predicted molar refractivity (Wildman–Crippen MR) is 71.8 cm³/mol. The number of aromatic nitrogens is 2. The summed E-state index contributed by atoms with van der Waals surface area (Å²) in [5.41, 5.74) is -1.48. The molecule has 21 heavy (non-hydrogen) atoms. The molecule has 0 aromatic carbocycles. The quantitative estimate of drug-likeness (QED) is 0.409. The summed E-state index contributed by atoms with van der Waals surface area (Å²) in [7, 11) is 0. The first-order chi connectivity index (χ1) is 9.69. The van der Waals surface area contributed by atoms with E-state index in [4.69, 9.17) is 14.5 Å². The molecule has 2 atom stereocenters. The second-order valence-electron chi connectivity index (χ2n) is 4.04. The van der Waals surface area contributed by atoms with Gasteiger partial charge in [0, 0.05) is 12.3 Å². The third kappa shape index (κ3) is 3.59. The minimum atomic E-state index is -3.96. The van der Waals surface area contributed by atoms with E-state index in [-0.39, 0.29) is 5.76 Å². The largest absolute Gasteiger partial charge is 0.506 e. The smallest absolute Gasteiger partial charge is 0.331 e. The fourth-order valence-electron chi connectivity index (χ4n) is 1.66. The Morgan fingerprint density at radius 3 is 2.71 bits per heavy atom. The second-order valence-corrected chi connectivity index (χ2v) is 6.71. The number of aliphatic hydroxyl groups excluding tert-OH is 2. The Labute approximate surface area is 121 Å². The summed E-state index contributed by atoms with van der Waals surface area (Å²) in [6.45, 7) is -4.56. The van der Waals surface area contributed by atoms with Crippen LogP contribution < -0.4 is 11.2 Å². The average Bonchev–Trinajstić information content (AvgIpc) is 2.64. The highest BCUT2D eigenvalue weighted by Crippen LogP contribution is 2.39. The maximum Gasteiger partial charge on any atom is 0.331 e. The molecule has 0 bridgehead atoms. The topological polar surface area (TPSA) is 154 Å². The number of ether oxygens (including phenoxy) is 1. The lowest BCUT2D eigenvalue weighted by molar-refractivity contribution is -0.0166. The number of nitrogens with zero attached hydrogens (tertiary/aromatic N) is 1. The summed E-state index contributed by atoms with van der Waals surface area (Å²) >= 11 is 4.23. The van der Waals surface area contributed by atoms with Crippen molar-refractivity contribution >= 4 is 18.5 Å². The maximum absolute atomic E-state index is 11.6. The molecule has 116 valence electrons. The Morgan fingerprint density at radius 1 is 1.48 bits per heavy atom. The molecule has 1 aromatic rings. The molecule has 0 amide bonds. The van der Waals surface area contributed by atoms with Gasteiger partial charge in [-0.2, -0.15) is 0 Å². The summed E-state index contributed by atoms with van der Waals surface area (Å²) in [5, 5.41) is 19.5. The molecule has 1 aliphatic heterocycles. The molecular formula is C9H11N2O8PS. The van der Waals surface area contributed by atoms with Gasteiger partial charge < -0.3 is 29.3 Å². The molecule has 0 spiro atoms. The zero-order valence-corrected chi connectivity index (χ0v) is 12.0. The highest BCUT2D eigenvalue weighted by Gasteiger charge is 2.38. The van der Waals surface area contributed by atoms with Crippen molar-refractivity contribution in [2.45, 2.75) is 12.3 Å². The van der Waals surface area contributed by atoms with Gasteiger partial charge in [0.2, 0.25) is 6.23 Å². The molecule has 2 rings (SSSR count). The van der Waals surface area contributed by atoms with Crippen molar-refractivity contribution < 1.29 is 29.3 Å². The number of aromatic amines is 1. The molecule has 0 fully saturated rings. The van der Waals surface area contributed by atoms with Crippen molar-refractivity contribution in [3.63, 3.8) is 0 Å². The van der Waals surface area contributed by atoms with Gasteiger partial charge in [-0.05, 0) is 11.8 Å². The van der Waals surface area contributed by atoms with Crippen LogP contribution in [0.3, 0.4) is 0 Å². The molecule has 1 aliphatic rings. The van der Waals surface area contributed by atoms with Gasteiger partial charge in [0.1, 0.15) is 6.61 Å². The Kier molecular flexibility index (Phi) is 4.33. The molecular weight excluding hydrogens is 327 g/mol. The fourth-order valence-corrected chi connectivity index (χ4v) is 2.10. The van der Waals surface area contributed by atoms with E-state index in [0.29, 0.717) is 0 Å². The molecule has 5 N–H and O–H groups in total. The summed E-state index contributed by atoms with van der Waals surface area (Å²) in [6, 6.07) is 1.03. The minimum absolute atomic E-state index is 0.303. The lowest BCUT2D eigenvalue weighted by Gasteiger charge is -2.17. The summed E-state index contributed by atoms with van der Waals surface area (Å²) in [5.74, 6) is -0.940. The van der Waals surface area contributed by atoms with Crippen LogP contribution in [0.25, 0.3) is 0 Å². The molecule has 0 radical (unpaired) electrons. The van der Waals surface area contributed by atoms with E-state index in [0.717, 1.165) is 16.8 Å². The number of nitrogens with one attached hydrogen (secondary N) is 1. The lowest BCUT2D eigenvalue weighted by Crippen LogP contribution is -2.35.